The number of aromatic nitrogens is 3. The van der Waals surface area contributed by atoms with Crippen molar-refractivity contribution in [1.29, 1.82) is 0 Å². The van der Waals surface area contributed by atoms with Gasteiger partial charge in [-0.25, -0.2) is 0 Å². The van der Waals surface area contributed by atoms with Gasteiger partial charge >= 0.3 is 6.01 Å². The Morgan fingerprint density at radius 2 is 2.21 bits per heavy atom. The smallest absolute Gasteiger partial charge is 0.318 e. The summed E-state index contributed by atoms with van der Waals surface area (Å²) in [6.45, 7) is 4.77. The Kier molecular flexibility index (Phi) is 3.72. The highest BCUT2D eigenvalue weighted by Gasteiger charge is 2.43. The van der Waals surface area contributed by atoms with Crippen molar-refractivity contribution in [2.24, 2.45) is 0 Å². The molecule has 2 saturated heterocycles. The number of morpholine rings is 1. The first-order valence-corrected chi connectivity index (χ1v) is 8.04. The van der Waals surface area contributed by atoms with E-state index in [1.807, 2.05) is 4.90 Å². The molecule has 128 valence electrons. The van der Waals surface area contributed by atoms with Gasteiger partial charge in [0.2, 0.25) is 11.7 Å². The largest absolute Gasteiger partial charge is 0.408 e. The first-order valence-electron chi connectivity index (χ1n) is 8.04. The minimum absolute atomic E-state index is 0.152. The van der Waals surface area contributed by atoms with Crippen LogP contribution in [0.2, 0.25) is 0 Å². The number of carbonyl (C=O) groups is 1. The monoisotopic (exact) mass is 333 g/mol. The van der Waals surface area contributed by atoms with E-state index in [2.05, 4.69) is 15.4 Å². The highest BCUT2D eigenvalue weighted by molar-refractivity contribution is 5.91. The van der Waals surface area contributed by atoms with Crippen molar-refractivity contribution in [3.63, 3.8) is 0 Å². The van der Waals surface area contributed by atoms with Crippen LogP contribution in [-0.2, 0) is 4.74 Å². The molecule has 4 heterocycles. The summed E-state index contributed by atoms with van der Waals surface area (Å²) in [5.74, 6) is 0.643. The third-order valence-electron chi connectivity index (χ3n) is 4.51. The maximum atomic E-state index is 12.5. The van der Waals surface area contributed by atoms with Gasteiger partial charge in [-0.2, -0.15) is 0 Å². The fourth-order valence-corrected chi connectivity index (χ4v) is 3.42. The normalized spacial score (nSPS) is 24.5. The standard InChI is InChI=1S/C15H19N5O4/c1-11-17-18-14(23-11)20-6-2-4-15(10-20)9-19(7-8-22-15)13(21)12-3-5-16-24-12/h3,5H,2,4,6-10H2,1H3/t15-/m0/s1. The second-order valence-corrected chi connectivity index (χ2v) is 6.26. The van der Waals surface area contributed by atoms with Crippen molar-refractivity contribution >= 4 is 11.9 Å². The fraction of sp³-hybridized carbons (Fsp3) is 0.600. The van der Waals surface area contributed by atoms with E-state index in [4.69, 9.17) is 13.7 Å². The van der Waals surface area contributed by atoms with Gasteiger partial charge in [-0.15, -0.1) is 5.10 Å². The predicted octanol–water partition coefficient (Wildman–Crippen LogP) is 0.878. The Hall–Kier alpha value is -2.42. The fourth-order valence-electron chi connectivity index (χ4n) is 3.42. The van der Waals surface area contributed by atoms with Gasteiger partial charge in [0.05, 0.1) is 25.9 Å². The van der Waals surface area contributed by atoms with E-state index in [1.165, 1.54) is 6.20 Å². The Labute approximate surface area is 138 Å². The third kappa shape index (κ3) is 2.75. The lowest BCUT2D eigenvalue weighted by atomic mass is 9.91. The van der Waals surface area contributed by atoms with Crippen molar-refractivity contribution in [3.8, 4) is 0 Å². The van der Waals surface area contributed by atoms with Gasteiger partial charge in [0.15, 0.2) is 0 Å². The summed E-state index contributed by atoms with van der Waals surface area (Å²) in [6, 6.07) is 2.09. The summed E-state index contributed by atoms with van der Waals surface area (Å²) in [5.41, 5.74) is -0.422. The number of anilines is 1. The first-order chi connectivity index (χ1) is 11.7. The van der Waals surface area contributed by atoms with Crippen molar-refractivity contribution in [1.82, 2.24) is 20.3 Å². The number of piperidine rings is 1. The molecule has 9 heteroatoms. The van der Waals surface area contributed by atoms with Gasteiger partial charge in [-0.05, 0) is 12.8 Å². The molecule has 0 radical (unpaired) electrons. The molecule has 4 rings (SSSR count). The van der Waals surface area contributed by atoms with E-state index in [1.54, 1.807) is 17.9 Å². The van der Waals surface area contributed by atoms with Crippen LogP contribution in [0.25, 0.3) is 0 Å². The number of rotatable bonds is 2. The van der Waals surface area contributed by atoms with Crippen LogP contribution in [0, 0.1) is 6.92 Å². The van der Waals surface area contributed by atoms with Crippen LogP contribution in [0.5, 0.6) is 0 Å². The number of carbonyl (C=O) groups excluding carboxylic acids is 1. The Balaban J connectivity index is 1.50. The molecule has 1 atom stereocenters. The maximum absolute atomic E-state index is 12.5. The molecule has 2 aliphatic rings. The minimum atomic E-state index is -0.422. The van der Waals surface area contributed by atoms with Crippen LogP contribution in [0.1, 0.15) is 29.3 Å². The van der Waals surface area contributed by atoms with Crippen LogP contribution in [0.15, 0.2) is 21.2 Å². The summed E-state index contributed by atoms with van der Waals surface area (Å²) < 4.78 is 16.6. The number of aryl methyl sites for hydroxylation is 1. The van der Waals surface area contributed by atoms with Crippen molar-refractivity contribution < 1.29 is 18.5 Å². The van der Waals surface area contributed by atoms with Gasteiger partial charge in [0.1, 0.15) is 5.60 Å². The molecule has 2 aromatic rings. The minimum Gasteiger partial charge on any atom is -0.408 e. The summed E-state index contributed by atoms with van der Waals surface area (Å²) in [6.07, 6.45) is 3.30. The van der Waals surface area contributed by atoms with Crippen LogP contribution in [0.4, 0.5) is 6.01 Å². The highest BCUT2D eigenvalue weighted by Crippen LogP contribution is 2.31. The van der Waals surface area contributed by atoms with E-state index in [9.17, 15) is 4.79 Å². The molecule has 1 spiro atoms. The van der Waals surface area contributed by atoms with Gasteiger partial charge < -0.3 is 23.5 Å². The molecule has 0 aromatic carbocycles. The van der Waals surface area contributed by atoms with Gasteiger partial charge in [-0.1, -0.05) is 10.3 Å². The van der Waals surface area contributed by atoms with Crippen molar-refractivity contribution in [2.75, 3.05) is 37.7 Å². The maximum Gasteiger partial charge on any atom is 0.318 e. The van der Waals surface area contributed by atoms with Crippen LogP contribution < -0.4 is 4.90 Å². The van der Waals surface area contributed by atoms with Crippen molar-refractivity contribution in [2.45, 2.75) is 25.4 Å². The lowest BCUT2D eigenvalue weighted by molar-refractivity contribution is -0.105. The molecule has 1 amide bonds. The summed E-state index contributed by atoms with van der Waals surface area (Å²) in [7, 11) is 0. The molecular weight excluding hydrogens is 314 g/mol. The second-order valence-electron chi connectivity index (χ2n) is 6.26. The molecule has 9 nitrogen and oxygen atoms in total. The zero-order valence-corrected chi connectivity index (χ0v) is 13.5. The van der Waals surface area contributed by atoms with Crippen LogP contribution in [0.3, 0.4) is 0 Å². The number of amides is 1. The molecule has 0 unspecified atom stereocenters. The van der Waals surface area contributed by atoms with E-state index in [-0.39, 0.29) is 11.7 Å². The average molecular weight is 333 g/mol. The van der Waals surface area contributed by atoms with Gasteiger partial charge in [0, 0.05) is 26.1 Å². The zero-order valence-electron chi connectivity index (χ0n) is 13.5. The number of hydrogen-bond acceptors (Lipinski definition) is 8. The quantitative estimate of drug-likeness (QED) is 0.799. The number of ether oxygens (including phenoxy) is 1. The molecule has 0 N–H and O–H groups in total. The highest BCUT2D eigenvalue weighted by atomic mass is 16.5. The molecular formula is C15H19N5O4. The molecule has 2 aromatic heterocycles. The third-order valence-corrected chi connectivity index (χ3v) is 4.51. The Morgan fingerprint density at radius 3 is 2.96 bits per heavy atom. The molecule has 0 saturated carbocycles. The van der Waals surface area contributed by atoms with E-state index >= 15 is 0 Å². The second kappa shape index (κ2) is 5.90. The lowest BCUT2D eigenvalue weighted by Crippen LogP contribution is -2.60. The topological polar surface area (TPSA) is 97.7 Å². The molecule has 0 aliphatic carbocycles. The van der Waals surface area contributed by atoms with Crippen LogP contribution in [-0.4, -0.2) is 64.5 Å². The molecule has 2 aliphatic heterocycles. The lowest BCUT2D eigenvalue weighted by Gasteiger charge is -2.47. The molecule has 0 bridgehead atoms. The number of nitrogens with zero attached hydrogens (tertiary/aromatic N) is 5. The van der Waals surface area contributed by atoms with Gasteiger partial charge in [-0.3, -0.25) is 4.79 Å². The summed E-state index contributed by atoms with van der Waals surface area (Å²) >= 11 is 0. The predicted molar refractivity (Wildman–Crippen MR) is 81.6 cm³/mol. The SMILES string of the molecule is Cc1nnc(N2CCC[C@]3(CN(C(=O)c4ccno4)CCO3)C2)o1. The van der Waals surface area contributed by atoms with Crippen molar-refractivity contribution in [3.05, 3.63) is 23.9 Å². The zero-order chi connectivity index (χ0) is 16.6. The molecule has 24 heavy (non-hydrogen) atoms. The summed E-state index contributed by atoms with van der Waals surface area (Å²) in [5, 5.41) is 11.6. The van der Waals surface area contributed by atoms with Crippen LogP contribution >= 0.6 is 0 Å². The summed E-state index contributed by atoms with van der Waals surface area (Å²) in [4.78, 5) is 16.3. The molecule has 2 fully saturated rings. The first kappa shape index (κ1) is 15.1. The average Bonchev–Trinajstić information content (AvgIpc) is 3.26. The van der Waals surface area contributed by atoms with E-state index in [0.29, 0.717) is 38.1 Å². The van der Waals surface area contributed by atoms with Gasteiger partial charge in [0.25, 0.3) is 5.91 Å². The van der Waals surface area contributed by atoms with E-state index < -0.39 is 5.60 Å². The number of hydrogen-bond donors (Lipinski definition) is 0. The Bertz CT molecular complexity index is 711. The Morgan fingerprint density at radius 1 is 1.29 bits per heavy atom. The van der Waals surface area contributed by atoms with E-state index in [0.717, 1.165) is 19.4 Å².